The van der Waals surface area contributed by atoms with Crippen molar-refractivity contribution in [2.45, 2.75) is 125 Å². The molecule has 2 nitrogen and oxygen atoms in total. The number of hydrogen-bond acceptors (Lipinski definition) is 2. The van der Waals surface area contributed by atoms with Gasteiger partial charge in [0.25, 0.3) is 0 Å². The van der Waals surface area contributed by atoms with Gasteiger partial charge in [-0.2, -0.15) is 0 Å². The van der Waals surface area contributed by atoms with Crippen molar-refractivity contribution in [2.24, 2.45) is 10.8 Å². The standard InChI is InChI=1S/C22H46O2/c1-9-11-13-15-17-19-23-24-22(20(3,4)5,21(6,7)8)18-16-14-12-10-2/h9-19H2,1-8H3. The van der Waals surface area contributed by atoms with Gasteiger partial charge in [0.1, 0.15) is 5.60 Å². The summed E-state index contributed by atoms with van der Waals surface area (Å²) >= 11 is 0. The van der Waals surface area contributed by atoms with Crippen molar-refractivity contribution in [3.05, 3.63) is 0 Å². The average Bonchev–Trinajstić information content (AvgIpc) is 2.45. The van der Waals surface area contributed by atoms with Crippen molar-refractivity contribution in [3.63, 3.8) is 0 Å². The maximum absolute atomic E-state index is 6.25. The SMILES string of the molecule is CCCCCCCOOC(CCCCCC)(C(C)(C)C)C(C)(C)C. The molecule has 2 heteroatoms. The Morgan fingerprint density at radius 1 is 0.583 bits per heavy atom. The van der Waals surface area contributed by atoms with Gasteiger partial charge in [0, 0.05) is 0 Å². The summed E-state index contributed by atoms with van der Waals surface area (Å²) in [4.78, 5) is 12.0. The van der Waals surface area contributed by atoms with E-state index in [0.717, 1.165) is 12.8 Å². The van der Waals surface area contributed by atoms with Gasteiger partial charge in [-0.1, -0.05) is 107 Å². The molecular formula is C22H46O2. The van der Waals surface area contributed by atoms with Gasteiger partial charge in [0.05, 0.1) is 6.61 Å². The van der Waals surface area contributed by atoms with Crippen LogP contribution in [0.3, 0.4) is 0 Å². The van der Waals surface area contributed by atoms with Crippen LogP contribution in [0.5, 0.6) is 0 Å². The lowest BCUT2D eigenvalue weighted by atomic mass is 9.60. The molecule has 0 spiro atoms. The molecular weight excluding hydrogens is 296 g/mol. The summed E-state index contributed by atoms with van der Waals surface area (Å²) in [6.45, 7) is 19.0. The fourth-order valence-corrected chi connectivity index (χ4v) is 3.87. The summed E-state index contributed by atoms with van der Waals surface area (Å²) in [5.74, 6) is 0. The molecule has 0 aliphatic heterocycles. The van der Waals surface area contributed by atoms with Crippen molar-refractivity contribution in [2.75, 3.05) is 6.61 Å². The van der Waals surface area contributed by atoms with Crippen LogP contribution in [0.25, 0.3) is 0 Å². The third-order valence-electron chi connectivity index (χ3n) is 5.34. The minimum absolute atomic E-state index is 0.0413. The lowest BCUT2D eigenvalue weighted by Crippen LogP contribution is -2.55. The van der Waals surface area contributed by atoms with E-state index in [2.05, 4.69) is 55.4 Å². The normalized spacial score (nSPS) is 13.5. The highest BCUT2D eigenvalue weighted by Crippen LogP contribution is 2.50. The molecule has 0 bridgehead atoms. The summed E-state index contributed by atoms with van der Waals surface area (Å²) in [6, 6.07) is 0. The van der Waals surface area contributed by atoms with Gasteiger partial charge in [-0.3, -0.25) is 0 Å². The topological polar surface area (TPSA) is 18.5 Å². The van der Waals surface area contributed by atoms with Crippen LogP contribution in [0.15, 0.2) is 0 Å². The Morgan fingerprint density at radius 3 is 1.50 bits per heavy atom. The Hall–Kier alpha value is -0.0800. The molecule has 0 saturated carbocycles. The lowest BCUT2D eigenvalue weighted by molar-refractivity contribution is -0.408. The summed E-state index contributed by atoms with van der Waals surface area (Å²) in [5.41, 5.74) is -0.170. The van der Waals surface area contributed by atoms with Crippen molar-refractivity contribution < 1.29 is 9.78 Å². The molecule has 0 rings (SSSR count). The molecule has 0 aliphatic rings. The first-order valence-electron chi connectivity index (χ1n) is 10.4. The van der Waals surface area contributed by atoms with Gasteiger partial charge < -0.3 is 0 Å². The molecule has 24 heavy (non-hydrogen) atoms. The van der Waals surface area contributed by atoms with Gasteiger partial charge >= 0.3 is 0 Å². The maximum Gasteiger partial charge on any atom is 0.113 e. The van der Waals surface area contributed by atoms with Crippen LogP contribution in [-0.2, 0) is 9.78 Å². The summed E-state index contributed by atoms with van der Waals surface area (Å²) in [7, 11) is 0. The van der Waals surface area contributed by atoms with E-state index in [1.165, 1.54) is 51.4 Å². The molecule has 146 valence electrons. The van der Waals surface area contributed by atoms with Gasteiger partial charge in [0.2, 0.25) is 0 Å². The Kier molecular flexibility index (Phi) is 11.5. The van der Waals surface area contributed by atoms with Gasteiger partial charge in [-0.05, 0) is 23.7 Å². The molecule has 0 aromatic heterocycles. The van der Waals surface area contributed by atoms with Crippen LogP contribution in [0.4, 0.5) is 0 Å². The first kappa shape index (κ1) is 23.9. The van der Waals surface area contributed by atoms with Gasteiger partial charge in [-0.15, -0.1) is 0 Å². The van der Waals surface area contributed by atoms with Crippen LogP contribution in [0.2, 0.25) is 0 Å². The number of rotatable bonds is 13. The smallest absolute Gasteiger partial charge is 0.113 e. The highest BCUT2D eigenvalue weighted by atomic mass is 17.2. The van der Waals surface area contributed by atoms with Crippen LogP contribution in [0.1, 0.15) is 120 Å². The van der Waals surface area contributed by atoms with Crippen LogP contribution in [0, 0.1) is 10.8 Å². The predicted octanol–water partition coefficient (Wildman–Crippen LogP) is 7.71. The second-order valence-electron chi connectivity index (χ2n) is 9.46. The zero-order chi connectivity index (χ0) is 18.7. The first-order chi connectivity index (χ1) is 11.1. The molecule has 0 radical (unpaired) electrons. The Labute approximate surface area is 153 Å². The highest BCUT2D eigenvalue weighted by Gasteiger charge is 2.52. The van der Waals surface area contributed by atoms with Crippen molar-refractivity contribution in [3.8, 4) is 0 Å². The van der Waals surface area contributed by atoms with E-state index in [-0.39, 0.29) is 16.4 Å². The summed E-state index contributed by atoms with van der Waals surface area (Å²) < 4.78 is 0. The summed E-state index contributed by atoms with van der Waals surface area (Å²) in [6.07, 6.45) is 12.4. The quantitative estimate of drug-likeness (QED) is 0.194. The fraction of sp³-hybridized carbons (Fsp3) is 1.00. The van der Waals surface area contributed by atoms with Crippen molar-refractivity contribution in [1.29, 1.82) is 0 Å². The Balaban J connectivity index is 4.72. The zero-order valence-corrected chi connectivity index (χ0v) is 18.1. The Morgan fingerprint density at radius 2 is 1.04 bits per heavy atom. The van der Waals surface area contributed by atoms with Gasteiger partial charge in [0.15, 0.2) is 0 Å². The maximum atomic E-state index is 6.25. The van der Waals surface area contributed by atoms with Crippen LogP contribution in [-0.4, -0.2) is 12.2 Å². The van der Waals surface area contributed by atoms with E-state index in [0.29, 0.717) is 6.61 Å². The molecule has 0 atom stereocenters. The zero-order valence-electron chi connectivity index (χ0n) is 18.1. The third-order valence-corrected chi connectivity index (χ3v) is 5.34. The van der Waals surface area contributed by atoms with E-state index in [1.807, 2.05) is 0 Å². The molecule has 0 aliphatic carbocycles. The average molecular weight is 343 g/mol. The molecule has 0 fully saturated rings. The number of hydrogen-bond donors (Lipinski definition) is 0. The van der Waals surface area contributed by atoms with Crippen molar-refractivity contribution in [1.82, 2.24) is 0 Å². The second-order valence-corrected chi connectivity index (χ2v) is 9.46. The Bertz CT molecular complexity index is 282. The molecule has 0 N–H and O–H groups in total. The highest BCUT2D eigenvalue weighted by molar-refractivity contribution is 5.00. The lowest BCUT2D eigenvalue weighted by Gasteiger charge is -2.51. The van der Waals surface area contributed by atoms with Crippen LogP contribution < -0.4 is 0 Å². The molecule has 0 aromatic carbocycles. The van der Waals surface area contributed by atoms with Crippen LogP contribution >= 0.6 is 0 Å². The third kappa shape index (κ3) is 7.87. The largest absolute Gasteiger partial charge is 0.236 e. The van der Waals surface area contributed by atoms with E-state index in [1.54, 1.807) is 0 Å². The molecule has 0 unspecified atom stereocenters. The van der Waals surface area contributed by atoms with E-state index >= 15 is 0 Å². The van der Waals surface area contributed by atoms with Gasteiger partial charge in [-0.25, -0.2) is 9.78 Å². The minimum atomic E-state index is -0.253. The molecule has 0 saturated heterocycles. The number of unbranched alkanes of at least 4 members (excludes halogenated alkanes) is 7. The molecule has 0 aromatic rings. The fourth-order valence-electron chi connectivity index (χ4n) is 3.87. The molecule has 0 heterocycles. The van der Waals surface area contributed by atoms with E-state index < -0.39 is 0 Å². The first-order valence-corrected chi connectivity index (χ1v) is 10.4. The second kappa shape index (κ2) is 11.5. The van der Waals surface area contributed by atoms with E-state index in [9.17, 15) is 0 Å². The van der Waals surface area contributed by atoms with E-state index in [4.69, 9.17) is 9.78 Å². The minimum Gasteiger partial charge on any atom is -0.236 e. The predicted molar refractivity (Wildman–Crippen MR) is 106 cm³/mol. The monoisotopic (exact) mass is 342 g/mol. The summed E-state index contributed by atoms with van der Waals surface area (Å²) in [5, 5.41) is 0. The van der Waals surface area contributed by atoms with Crippen molar-refractivity contribution >= 4 is 0 Å². The molecule has 0 amide bonds.